The smallest absolute Gasteiger partial charge is 0.249 e. The Kier molecular flexibility index (Phi) is 9.47. The Labute approximate surface area is 202 Å². The van der Waals surface area contributed by atoms with Crippen molar-refractivity contribution < 1.29 is 14.3 Å². The molecule has 1 aromatic heterocycles. The van der Waals surface area contributed by atoms with Gasteiger partial charge in [-0.25, -0.2) is 0 Å². The standard InChI is InChI=1S/C28H35N3O3/c1-23(2)17-30(28(33)22-34-21-25-13-8-5-9-14-25)20-27(32)31(18-24-11-6-4-7-12-24)19-26-15-10-16-29(26)3/h4-16,23H,17-22H2,1-3H3. The van der Waals surface area contributed by atoms with Gasteiger partial charge < -0.3 is 19.1 Å². The van der Waals surface area contributed by atoms with Crippen LogP contribution in [0.2, 0.25) is 0 Å². The summed E-state index contributed by atoms with van der Waals surface area (Å²) in [7, 11) is 1.97. The number of aryl methyl sites for hydroxylation is 1. The van der Waals surface area contributed by atoms with Gasteiger partial charge in [-0.1, -0.05) is 74.5 Å². The van der Waals surface area contributed by atoms with Crippen LogP contribution in [0.1, 0.15) is 30.7 Å². The minimum Gasteiger partial charge on any atom is -0.367 e. The van der Waals surface area contributed by atoms with Crippen LogP contribution in [0.4, 0.5) is 0 Å². The number of carbonyl (C=O) groups is 2. The molecular formula is C28H35N3O3. The Morgan fingerprint density at radius 2 is 1.47 bits per heavy atom. The first-order chi connectivity index (χ1) is 16.4. The highest BCUT2D eigenvalue weighted by molar-refractivity contribution is 5.85. The van der Waals surface area contributed by atoms with Crippen molar-refractivity contribution in [2.24, 2.45) is 13.0 Å². The second-order valence-corrected chi connectivity index (χ2v) is 8.99. The number of carbonyl (C=O) groups excluding carboxylic acids is 2. The topological polar surface area (TPSA) is 54.8 Å². The molecule has 0 fully saturated rings. The van der Waals surface area contributed by atoms with Gasteiger partial charge in [-0.3, -0.25) is 9.59 Å². The van der Waals surface area contributed by atoms with Crippen molar-refractivity contribution in [3.63, 3.8) is 0 Å². The molecule has 0 aliphatic rings. The van der Waals surface area contributed by atoms with Gasteiger partial charge in [0.2, 0.25) is 11.8 Å². The molecule has 0 atom stereocenters. The molecule has 180 valence electrons. The fourth-order valence-corrected chi connectivity index (χ4v) is 3.77. The molecule has 0 unspecified atom stereocenters. The molecule has 1 heterocycles. The summed E-state index contributed by atoms with van der Waals surface area (Å²) in [6.45, 7) is 5.90. The van der Waals surface area contributed by atoms with E-state index in [2.05, 4.69) is 0 Å². The number of nitrogens with zero attached hydrogens (tertiary/aromatic N) is 3. The summed E-state index contributed by atoms with van der Waals surface area (Å²) in [6.07, 6.45) is 1.97. The van der Waals surface area contributed by atoms with Crippen molar-refractivity contribution in [1.82, 2.24) is 14.4 Å². The highest BCUT2D eigenvalue weighted by atomic mass is 16.5. The Morgan fingerprint density at radius 1 is 0.824 bits per heavy atom. The SMILES string of the molecule is CC(C)CN(CC(=O)N(Cc1ccccc1)Cc1cccn1C)C(=O)COCc1ccccc1. The number of amides is 2. The first-order valence-electron chi connectivity index (χ1n) is 11.7. The lowest BCUT2D eigenvalue weighted by Gasteiger charge is -2.29. The third kappa shape index (κ3) is 7.89. The molecular weight excluding hydrogens is 426 g/mol. The number of hydrogen-bond donors (Lipinski definition) is 0. The number of hydrogen-bond acceptors (Lipinski definition) is 3. The Balaban J connectivity index is 1.67. The maximum absolute atomic E-state index is 13.5. The minimum absolute atomic E-state index is 0.0307. The second-order valence-electron chi connectivity index (χ2n) is 8.99. The predicted molar refractivity (Wildman–Crippen MR) is 134 cm³/mol. The third-order valence-corrected chi connectivity index (χ3v) is 5.57. The molecule has 0 aliphatic heterocycles. The fraction of sp³-hybridized carbons (Fsp3) is 0.357. The molecule has 0 spiro atoms. The van der Waals surface area contributed by atoms with E-state index in [4.69, 9.17) is 4.74 Å². The normalized spacial score (nSPS) is 10.9. The van der Waals surface area contributed by atoms with E-state index in [0.717, 1.165) is 16.8 Å². The van der Waals surface area contributed by atoms with Crippen LogP contribution in [0.5, 0.6) is 0 Å². The number of rotatable bonds is 12. The monoisotopic (exact) mass is 461 g/mol. The van der Waals surface area contributed by atoms with E-state index in [1.165, 1.54) is 0 Å². The van der Waals surface area contributed by atoms with E-state index < -0.39 is 0 Å². The van der Waals surface area contributed by atoms with Gasteiger partial charge in [0.05, 0.1) is 19.7 Å². The highest BCUT2D eigenvalue weighted by Gasteiger charge is 2.23. The Bertz CT molecular complexity index is 1030. The van der Waals surface area contributed by atoms with Crippen molar-refractivity contribution in [3.8, 4) is 0 Å². The zero-order valence-corrected chi connectivity index (χ0v) is 20.4. The van der Waals surface area contributed by atoms with E-state index in [1.54, 1.807) is 4.90 Å². The summed E-state index contributed by atoms with van der Waals surface area (Å²) in [5, 5.41) is 0. The number of aromatic nitrogens is 1. The number of ether oxygens (including phenoxy) is 1. The van der Waals surface area contributed by atoms with Crippen LogP contribution in [0.3, 0.4) is 0 Å². The molecule has 6 heteroatoms. The molecule has 0 N–H and O–H groups in total. The van der Waals surface area contributed by atoms with Gasteiger partial charge in [-0.05, 0) is 29.2 Å². The van der Waals surface area contributed by atoms with E-state index in [9.17, 15) is 9.59 Å². The zero-order valence-electron chi connectivity index (χ0n) is 20.4. The van der Waals surface area contributed by atoms with Gasteiger partial charge in [0.25, 0.3) is 0 Å². The molecule has 3 rings (SSSR count). The summed E-state index contributed by atoms with van der Waals surface area (Å²) in [5.74, 6) is -0.0139. The lowest BCUT2D eigenvalue weighted by atomic mass is 10.2. The molecule has 2 amide bonds. The molecule has 0 aliphatic carbocycles. The molecule has 3 aromatic rings. The lowest BCUT2D eigenvalue weighted by Crippen LogP contribution is -2.45. The lowest BCUT2D eigenvalue weighted by molar-refractivity contribution is -0.144. The van der Waals surface area contributed by atoms with Gasteiger partial charge >= 0.3 is 0 Å². The van der Waals surface area contributed by atoms with Crippen molar-refractivity contribution in [3.05, 3.63) is 95.8 Å². The van der Waals surface area contributed by atoms with Crippen LogP contribution in [0.25, 0.3) is 0 Å². The highest BCUT2D eigenvalue weighted by Crippen LogP contribution is 2.12. The van der Waals surface area contributed by atoms with Gasteiger partial charge in [0.15, 0.2) is 0 Å². The maximum atomic E-state index is 13.5. The maximum Gasteiger partial charge on any atom is 0.249 e. The molecule has 0 saturated carbocycles. The molecule has 34 heavy (non-hydrogen) atoms. The van der Waals surface area contributed by atoms with Gasteiger partial charge in [-0.15, -0.1) is 0 Å². The van der Waals surface area contributed by atoms with E-state index in [0.29, 0.717) is 26.2 Å². The van der Waals surface area contributed by atoms with Gasteiger partial charge in [0, 0.05) is 32.0 Å². The van der Waals surface area contributed by atoms with Gasteiger partial charge in [0.1, 0.15) is 6.61 Å². The van der Waals surface area contributed by atoms with Gasteiger partial charge in [-0.2, -0.15) is 0 Å². The van der Waals surface area contributed by atoms with Crippen molar-refractivity contribution in [2.75, 3.05) is 19.7 Å². The second kappa shape index (κ2) is 12.8. The summed E-state index contributed by atoms with van der Waals surface area (Å²) >= 11 is 0. The average Bonchev–Trinajstić information content (AvgIpc) is 3.23. The molecule has 2 aromatic carbocycles. The van der Waals surface area contributed by atoms with E-state index in [-0.39, 0.29) is 30.9 Å². The summed E-state index contributed by atoms with van der Waals surface area (Å²) < 4.78 is 7.68. The summed E-state index contributed by atoms with van der Waals surface area (Å²) in [6, 6.07) is 23.7. The molecule has 0 saturated heterocycles. The van der Waals surface area contributed by atoms with E-state index >= 15 is 0 Å². The zero-order chi connectivity index (χ0) is 24.3. The van der Waals surface area contributed by atoms with Crippen LogP contribution >= 0.6 is 0 Å². The Morgan fingerprint density at radius 3 is 2.06 bits per heavy atom. The van der Waals surface area contributed by atoms with Crippen molar-refractivity contribution in [2.45, 2.75) is 33.5 Å². The summed E-state index contributed by atoms with van der Waals surface area (Å²) in [5.41, 5.74) is 3.11. The van der Waals surface area contributed by atoms with Crippen LogP contribution in [0, 0.1) is 5.92 Å². The first-order valence-corrected chi connectivity index (χ1v) is 11.7. The van der Waals surface area contributed by atoms with E-state index in [1.807, 2.05) is 109 Å². The largest absolute Gasteiger partial charge is 0.367 e. The average molecular weight is 462 g/mol. The fourth-order valence-electron chi connectivity index (χ4n) is 3.77. The first kappa shape index (κ1) is 25.2. The van der Waals surface area contributed by atoms with Crippen molar-refractivity contribution in [1.29, 1.82) is 0 Å². The quantitative estimate of drug-likeness (QED) is 0.405. The minimum atomic E-state index is -0.170. The molecule has 0 bridgehead atoms. The molecule has 0 radical (unpaired) electrons. The number of benzene rings is 2. The van der Waals surface area contributed by atoms with Crippen molar-refractivity contribution >= 4 is 11.8 Å². The Hall–Kier alpha value is -3.38. The van der Waals surface area contributed by atoms with Crippen LogP contribution < -0.4 is 0 Å². The third-order valence-electron chi connectivity index (χ3n) is 5.57. The summed E-state index contributed by atoms with van der Waals surface area (Å²) in [4.78, 5) is 29.9. The van der Waals surface area contributed by atoms with Crippen LogP contribution in [-0.4, -0.2) is 45.9 Å². The molecule has 6 nitrogen and oxygen atoms in total. The predicted octanol–water partition coefficient (Wildman–Crippen LogP) is 4.26. The van der Waals surface area contributed by atoms with Crippen LogP contribution in [-0.2, 0) is 41.1 Å². The van der Waals surface area contributed by atoms with Crippen LogP contribution in [0.15, 0.2) is 79.0 Å².